The Labute approximate surface area is 113 Å². The van der Waals surface area contributed by atoms with E-state index in [-0.39, 0.29) is 17.0 Å². The van der Waals surface area contributed by atoms with Crippen LogP contribution in [0.2, 0.25) is 0 Å². The van der Waals surface area contributed by atoms with E-state index in [1.54, 1.807) is 30.3 Å². The fraction of sp³-hybridized carbons (Fsp3) is 0.308. The predicted octanol–water partition coefficient (Wildman–Crippen LogP) is 1.83. The molecule has 0 spiro atoms. The minimum atomic E-state index is -3.83. The van der Waals surface area contributed by atoms with E-state index in [9.17, 15) is 13.2 Å². The minimum Gasteiger partial charge on any atom is -0.478 e. The van der Waals surface area contributed by atoms with Gasteiger partial charge < -0.3 is 5.11 Å². The Hall–Kier alpha value is -1.66. The van der Waals surface area contributed by atoms with Crippen molar-refractivity contribution in [2.45, 2.75) is 20.3 Å². The molecule has 0 aliphatic carbocycles. The van der Waals surface area contributed by atoms with Crippen molar-refractivity contribution in [3.63, 3.8) is 0 Å². The first-order valence-corrected chi connectivity index (χ1v) is 7.37. The van der Waals surface area contributed by atoms with Crippen molar-refractivity contribution in [2.75, 3.05) is 6.54 Å². The molecule has 1 aromatic rings. The van der Waals surface area contributed by atoms with Crippen molar-refractivity contribution in [2.24, 2.45) is 0 Å². The molecule has 0 atom stereocenters. The van der Waals surface area contributed by atoms with Gasteiger partial charge in [-0.2, -0.15) is 0 Å². The number of hydrogen-bond donors (Lipinski definition) is 2. The zero-order chi connectivity index (χ0) is 14.5. The van der Waals surface area contributed by atoms with Gasteiger partial charge in [0.05, 0.1) is 10.5 Å². The molecule has 0 heterocycles. The van der Waals surface area contributed by atoms with Gasteiger partial charge in [-0.25, -0.2) is 17.9 Å². The molecule has 5 nitrogen and oxygen atoms in total. The number of aliphatic carboxylic acids is 1. The second kappa shape index (κ2) is 6.49. The highest BCUT2D eigenvalue weighted by Gasteiger charge is 2.24. The number of sulfonamides is 1. The zero-order valence-electron chi connectivity index (χ0n) is 10.9. The molecule has 0 bridgehead atoms. The maximum absolute atomic E-state index is 12.2. The maximum Gasteiger partial charge on any atom is 0.332 e. The zero-order valence-corrected chi connectivity index (χ0v) is 11.7. The van der Waals surface area contributed by atoms with Crippen molar-refractivity contribution in [1.82, 2.24) is 4.72 Å². The third-order valence-electron chi connectivity index (χ3n) is 2.51. The number of hydrogen-bond acceptors (Lipinski definition) is 3. The van der Waals surface area contributed by atoms with Crippen LogP contribution in [0.1, 0.15) is 25.8 Å². The van der Waals surface area contributed by atoms with Gasteiger partial charge in [0.2, 0.25) is 10.0 Å². The van der Waals surface area contributed by atoms with Crippen LogP contribution in [0.25, 0.3) is 4.91 Å². The topological polar surface area (TPSA) is 83.5 Å². The van der Waals surface area contributed by atoms with Crippen LogP contribution in [0.15, 0.2) is 35.9 Å². The van der Waals surface area contributed by atoms with Crippen LogP contribution >= 0.6 is 0 Å². The summed E-state index contributed by atoms with van der Waals surface area (Å²) in [6.45, 7) is 3.39. The Bertz CT molecular complexity index is 576. The van der Waals surface area contributed by atoms with Crippen molar-refractivity contribution < 1.29 is 18.3 Å². The summed E-state index contributed by atoms with van der Waals surface area (Å²) in [5.41, 5.74) is 0.167. The average Bonchev–Trinajstić information content (AvgIpc) is 2.37. The van der Waals surface area contributed by atoms with Crippen molar-refractivity contribution >= 4 is 20.9 Å². The lowest BCUT2D eigenvalue weighted by atomic mass is 10.1. The molecule has 2 N–H and O–H groups in total. The number of benzene rings is 1. The molecule has 1 aromatic carbocycles. The summed E-state index contributed by atoms with van der Waals surface area (Å²) in [6, 6.07) is 8.23. The molecule has 0 unspecified atom stereocenters. The van der Waals surface area contributed by atoms with Gasteiger partial charge in [0.25, 0.3) is 0 Å². The molecule has 0 saturated heterocycles. The quantitative estimate of drug-likeness (QED) is 0.780. The van der Waals surface area contributed by atoms with Crippen LogP contribution in [-0.4, -0.2) is 26.0 Å². The van der Waals surface area contributed by atoms with Gasteiger partial charge in [-0.05, 0) is 18.9 Å². The standard InChI is InChI=1S/C13H17NO4S/c1-3-9-14-19(17,18)12(10(2)13(15)16)11-7-5-4-6-8-11/h4-8,14H,3,9H2,1-2H3,(H,15,16)/b12-10+. The summed E-state index contributed by atoms with van der Waals surface area (Å²) in [6.07, 6.45) is 0.632. The van der Waals surface area contributed by atoms with E-state index in [2.05, 4.69) is 4.72 Å². The number of carbonyl (C=O) groups is 1. The first kappa shape index (κ1) is 15.4. The van der Waals surface area contributed by atoms with E-state index in [0.29, 0.717) is 12.0 Å². The van der Waals surface area contributed by atoms with Gasteiger partial charge in [0.1, 0.15) is 0 Å². The first-order chi connectivity index (χ1) is 8.90. The summed E-state index contributed by atoms with van der Waals surface area (Å²) in [4.78, 5) is 10.9. The highest BCUT2D eigenvalue weighted by Crippen LogP contribution is 2.24. The molecular weight excluding hydrogens is 266 g/mol. The van der Waals surface area contributed by atoms with Crippen LogP contribution in [0.5, 0.6) is 0 Å². The van der Waals surface area contributed by atoms with E-state index in [1.165, 1.54) is 6.92 Å². The molecule has 0 aromatic heterocycles. The van der Waals surface area contributed by atoms with Crippen LogP contribution in [0.4, 0.5) is 0 Å². The third kappa shape index (κ3) is 3.90. The Morgan fingerprint density at radius 1 is 1.26 bits per heavy atom. The average molecular weight is 283 g/mol. The van der Waals surface area contributed by atoms with Gasteiger partial charge in [0.15, 0.2) is 0 Å². The highest BCUT2D eigenvalue weighted by atomic mass is 32.2. The van der Waals surface area contributed by atoms with E-state index in [1.807, 2.05) is 6.92 Å². The van der Waals surface area contributed by atoms with Gasteiger partial charge in [-0.15, -0.1) is 0 Å². The highest BCUT2D eigenvalue weighted by molar-refractivity contribution is 7.98. The van der Waals surface area contributed by atoms with Gasteiger partial charge >= 0.3 is 5.97 Å². The minimum absolute atomic E-state index is 0.186. The lowest BCUT2D eigenvalue weighted by Gasteiger charge is -2.12. The van der Waals surface area contributed by atoms with Crippen molar-refractivity contribution in [3.8, 4) is 0 Å². The number of nitrogens with one attached hydrogen (secondary N) is 1. The summed E-state index contributed by atoms with van der Waals surface area (Å²) in [7, 11) is -3.83. The van der Waals surface area contributed by atoms with Crippen molar-refractivity contribution in [3.05, 3.63) is 41.5 Å². The van der Waals surface area contributed by atoms with E-state index >= 15 is 0 Å². The van der Waals surface area contributed by atoms with E-state index in [4.69, 9.17) is 5.11 Å². The van der Waals surface area contributed by atoms with E-state index < -0.39 is 16.0 Å². The van der Waals surface area contributed by atoms with Crippen LogP contribution < -0.4 is 4.72 Å². The van der Waals surface area contributed by atoms with E-state index in [0.717, 1.165) is 0 Å². The lowest BCUT2D eigenvalue weighted by molar-refractivity contribution is -0.132. The van der Waals surface area contributed by atoms with Crippen LogP contribution in [0.3, 0.4) is 0 Å². The third-order valence-corrected chi connectivity index (χ3v) is 4.17. The Kier molecular flexibility index (Phi) is 5.26. The summed E-state index contributed by atoms with van der Waals surface area (Å²) >= 11 is 0. The molecule has 6 heteroatoms. The van der Waals surface area contributed by atoms with Gasteiger partial charge in [-0.1, -0.05) is 37.3 Å². The molecule has 1 rings (SSSR count). The Morgan fingerprint density at radius 2 is 1.84 bits per heavy atom. The normalized spacial score (nSPS) is 12.9. The first-order valence-electron chi connectivity index (χ1n) is 5.89. The van der Waals surface area contributed by atoms with Crippen molar-refractivity contribution in [1.29, 1.82) is 0 Å². The Morgan fingerprint density at radius 3 is 2.32 bits per heavy atom. The number of carboxylic acids is 1. The van der Waals surface area contributed by atoms with Crippen LogP contribution in [-0.2, 0) is 14.8 Å². The Balaban J connectivity index is 3.39. The summed E-state index contributed by atoms with van der Waals surface area (Å²) < 4.78 is 26.8. The largest absolute Gasteiger partial charge is 0.478 e. The molecule has 0 amide bonds. The summed E-state index contributed by atoms with van der Waals surface area (Å²) in [5, 5.41) is 9.05. The number of carboxylic acid groups (broad SMARTS) is 1. The molecule has 0 aliphatic rings. The molecule has 0 radical (unpaired) electrons. The smallest absolute Gasteiger partial charge is 0.332 e. The van der Waals surface area contributed by atoms with Gasteiger partial charge in [-0.3, -0.25) is 0 Å². The second-order valence-corrected chi connectivity index (χ2v) is 5.73. The molecule has 0 aliphatic heterocycles. The molecule has 0 fully saturated rings. The molecule has 0 saturated carbocycles. The fourth-order valence-electron chi connectivity index (χ4n) is 1.57. The fourth-order valence-corrected chi connectivity index (χ4v) is 3.12. The van der Waals surface area contributed by atoms with Crippen LogP contribution in [0, 0.1) is 0 Å². The predicted molar refractivity (Wildman–Crippen MR) is 73.9 cm³/mol. The molecule has 104 valence electrons. The second-order valence-electron chi connectivity index (χ2n) is 4.02. The monoisotopic (exact) mass is 283 g/mol. The maximum atomic E-state index is 12.2. The SMILES string of the molecule is CCCNS(=O)(=O)/C(=C(\C)C(=O)O)c1ccccc1. The lowest BCUT2D eigenvalue weighted by Crippen LogP contribution is -2.26. The molecule has 19 heavy (non-hydrogen) atoms. The van der Waals surface area contributed by atoms with Gasteiger partial charge in [0, 0.05) is 6.54 Å². The summed E-state index contributed by atoms with van der Waals surface area (Å²) in [5.74, 6) is -1.25. The number of rotatable bonds is 6. The molecular formula is C13H17NO4S.